The number of H-pyrrole nitrogens is 1. The van der Waals surface area contributed by atoms with Crippen molar-refractivity contribution < 1.29 is 0 Å². The van der Waals surface area contributed by atoms with Crippen LogP contribution < -0.4 is 16.7 Å². The lowest BCUT2D eigenvalue weighted by atomic mass is 10.0. The molecule has 32 heavy (non-hydrogen) atoms. The maximum absolute atomic E-state index is 12.5. The van der Waals surface area contributed by atoms with Crippen molar-refractivity contribution in [3.05, 3.63) is 70.4 Å². The quantitative estimate of drug-likeness (QED) is 0.445. The standard InChI is InChI=1S/C23H26N8O/c1-15-6-2-3-7-17(15)25-22-28-20(27-21(24)29-22)14-30-12-10-16(11-13-30)31-19-9-5-4-8-18(19)26-23(31)32/h2-9,16H,10-14H2,1H3,(H,26,32)(H3,24,25,27,28,29). The van der Waals surface area contributed by atoms with Gasteiger partial charge in [-0.1, -0.05) is 30.3 Å². The third-order valence-electron chi connectivity index (χ3n) is 6.00. The molecule has 0 bridgehead atoms. The summed E-state index contributed by atoms with van der Waals surface area (Å²) in [6, 6.07) is 16.0. The summed E-state index contributed by atoms with van der Waals surface area (Å²) < 4.78 is 1.90. The van der Waals surface area contributed by atoms with Crippen LogP contribution in [0.2, 0.25) is 0 Å². The van der Waals surface area contributed by atoms with Gasteiger partial charge >= 0.3 is 5.69 Å². The van der Waals surface area contributed by atoms with Gasteiger partial charge in [-0.05, 0) is 43.5 Å². The number of aromatic amines is 1. The van der Waals surface area contributed by atoms with Gasteiger partial charge in [0.1, 0.15) is 5.82 Å². The van der Waals surface area contributed by atoms with Crippen LogP contribution in [0.4, 0.5) is 17.6 Å². The van der Waals surface area contributed by atoms with Gasteiger partial charge in [-0.15, -0.1) is 0 Å². The molecule has 3 heterocycles. The Kier molecular flexibility index (Phi) is 5.32. The number of aryl methyl sites for hydroxylation is 1. The number of rotatable bonds is 5. The number of piperidine rings is 1. The van der Waals surface area contributed by atoms with E-state index in [1.165, 1.54) is 0 Å². The van der Waals surface area contributed by atoms with Crippen LogP contribution in [0.5, 0.6) is 0 Å². The number of para-hydroxylation sites is 3. The molecule has 2 aromatic carbocycles. The SMILES string of the molecule is Cc1ccccc1Nc1nc(N)nc(CN2CCC(n3c(=O)[nH]c4ccccc43)CC2)n1. The number of benzene rings is 2. The first-order valence-electron chi connectivity index (χ1n) is 10.8. The highest BCUT2D eigenvalue weighted by Crippen LogP contribution is 2.25. The highest BCUT2D eigenvalue weighted by atomic mass is 16.1. The second-order valence-electron chi connectivity index (χ2n) is 8.20. The summed E-state index contributed by atoms with van der Waals surface area (Å²) in [7, 11) is 0. The molecule has 0 spiro atoms. The van der Waals surface area contributed by atoms with E-state index in [4.69, 9.17) is 5.73 Å². The number of anilines is 3. The molecule has 5 rings (SSSR count). The summed E-state index contributed by atoms with van der Waals surface area (Å²) in [6.07, 6.45) is 1.77. The van der Waals surface area contributed by atoms with Gasteiger partial charge in [-0.25, -0.2) is 4.79 Å². The van der Waals surface area contributed by atoms with E-state index in [1.807, 2.05) is 60.0 Å². The second-order valence-corrected chi connectivity index (χ2v) is 8.20. The molecule has 1 fully saturated rings. The molecule has 4 aromatic rings. The van der Waals surface area contributed by atoms with Gasteiger partial charge in [0.25, 0.3) is 0 Å². The van der Waals surface area contributed by atoms with Crippen LogP contribution in [0.25, 0.3) is 11.0 Å². The minimum Gasteiger partial charge on any atom is -0.368 e. The number of likely N-dealkylation sites (tertiary alicyclic amines) is 1. The van der Waals surface area contributed by atoms with Gasteiger partial charge in [0, 0.05) is 24.8 Å². The number of hydrogen-bond acceptors (Lipinski definition) is 7. The zero-order chi connectivity index (χ0) is 22.1. The van der Waals surface area contributed by atoms with Gasteiger partial charge in [-0.3, -0.25) is 9.47 Å². The van der Waals surface area contributed by atoms with Crippen molar-refractivity contribution in [2.75, 3.05) is 24.1 Å². The Morgan fingerprint density at radius 3 is 2.62 bits per heavy atom. The molecule has 0 atom stereocenters. The Morgan fingerprint density at radius 2 is 1.81 bits per heavy atom. The predicted octanol–water partition coefficient (Wildman–Crippen LogP) is 2.99. The third kappa shape index (κ3) is 4.06. The van der Waals surface area contributed by atoms with Crippen LogP contribution in [-0.2, 0) is 6.54 Å². The smallest absolute Gasteiger partial charge is 0.326 e. The molecule has 0 radical (unpaired) electrons. The van der Waals surface area contributed by atoms with E-state index in [0.29, 0.717) is 18.3 Å². The molecule has 0 saturated carbocycles. The minimum absolute atomic E-state index is 0.0400. The van der Waals surface area contributed by atoms with Crippen LogP contribution in [0, 0.1) is 6.92 Å². The Morgan fingerprint density at radius 1 is 1.06 bits per heavy atom. The van der Waals surface area contributed by atoms with E-state index < -0.39 is 0 Å². The molecule has 0 aliphatic carbocycles. The van der Waals surface area contributed by atoms with Gasteiger partial charge < -0.3 is 16.0 Å². The summed E-state index contributed by atoms with van der Waals surface area (Å²) in [5.41, 5.74) is 9.80. The van der Waals surface area contributed by atoms with Crippen molar-refractivity contribution >= 4 is 28.6 Å². The molecule has 1 aliphatic heterocycles. The zero-order valence-electron chi connectivity index (χ0n) is 18.0. The molecule has 9 nitrogen and oxygen atoms in total. The van der Waals surface area contributed by atoms with E-state index in [0.717, 1.165) is 48.2 Å². The fourth-order valence-electron chi connectivity index (χ4n) is 4.37. The van der Waals surface area contributed by atoms with E-state index in [2.05, 4.69) is 30.2 Å². The van der Waals surface area contributed by atoms with Gasteiger partial charge in [0.15, 0.2) is 0 Å². The number of nitrogens with two attached hydrogens (primary N) is 1. The van der Waals surface area contributed by atoms with E-state index in [9.17, 15) is 4.79 Å². The lowest BCUT2D eigenvalue weighted by Crippen LogP contribution is -2.37. The summed E-state index contributed by atoms with van der Waals surface area (Å²) in [5, 5.41) is 3.24. The van der Waals surface area contributed by atoms with Crippen LogP contribution >= 0.6 is 0 Å². The van der Waals surface area contributed by atoms with Gasteiger partial charge in [-0.2, -0.15) is 15.0 Å². The highest BCUT2D eigenvalue weighted by Gasteiger charge is 2.24. The van der Waals surface area contributed by atoms with Crippen molar-refractivity contribution in [1.29, 1.82) is 0 Å². The average Bonchev–Trinajstić information content (AvgIpc) is 3.11. The molecule has 0 unspecified atom stereocenters. The van der Waals surface area contributed by atoms with E-state index in [-0.39, 0.29) is 17.7 Å². The Hall–Kier alpha value is -3.72. The van der Waals surface area contributed by atoms with Crippen molar-refractivity contribution in [1.82, 2.24) is 29.4 Å². The Bertz CT molecular complexity index is 1300. The van der Waals surface area contributed by atoms with Crippen LogP contribution in [-0.4, -0.2) is 42.5 Å². The number of nitrogen functional groups attached to an aromatic ring is 1. The number of fused-ring (bicyclic) bond motifs is 1. The molecule has 1 saturated heterocycles. The number of nitrogens with one attached hydrogen (secondary N) is 2. The van der Waals surface area contributed by atoms with Gasteiger partial charge in [0.2, 0.25) is 11.9 Å². The van der Waals surface area contributed by atoms with Crippen molar-refractivity contribution in [2.24, 2.45) is 0 Å². The molecule has 164 valence electrons. The monoisotopic (exact) mass is 430 g/mol. The summed E-state index contributed by atoms with van der Waals surface area (Å²) in [6.45, 7) is 4.31. The molecular weight excluding hydrogens is 404 g/mol. The van der Waals surface area contributed by atoms with Crippen molar-refractivity contribution in [2.45, 2.75) is 32.4 Å². The molecule has 2 aromatic heterocycles. The molecule has 1 aliphatic rings. The number of nitrogens with zero attached hydrogens (tertiary/aromatic N) is 5. The number of imidazole rings is 1. The van der Waals surface area contributed by atoms with Crippen molar-refractivity contribution in [3.8, 4) is 0 Å². The van der Waals surface area contributed by atoms with E-state index in [1.54, 1.807) is 0 Å². The predicted molar refractivity (Wildman–Crippen MR) is 125 cm³/mol. The first-order valence-corrected chi connectivity index (χ1v) is 10.8. The summed E-state index contributed by atoms with van der Waals surface area (Å²) in [5.74, 6) is 1.28. The zero-order valence-corrected chi connectivity index (χ0v) is 18.0. The Labute approximate surface area is 185 Å². The molecule has 0 amide bonds. The minimum atomic E-state index is -0.0400. The van der Waals surface area contributed by atoms with Crippen LogP contribution in [0.15, 0.2) is 53.3 Å². The lowest BCUT2D eigenvalue weighted by Gasteiger charge is -2.32. The number of aromatic nitrogens is 5. The van der Waals surface area contributed by atoms with Crippen molar-refractivity contribution in [3.63, 3.8) is 0 Å². The number of hydrogen-bond donors (Lipinski definition) is 3. The second kappa shape index (κ2) is 8.43. The largest absolute Gasteiger partial charge is 0.368 e. The maximum Gasteiger partial charge on any atom is 0.326 e. The third-order valence-corrected chi connectivity index (χ3v) is 6.00. The molecule has 4 N–H and O–H groups in total. The van der Waals surface area contributed by atoms with Crippen LogP contribution in [0.1, 0.15) is 30.3 Å². The fraction of sp³-hybridized carbons (Fsp3) is 0.304. The Balaban J connectivity index is 1.27. The fourth-order valence-corrected chi connectivity index (χ4v) is 4.37. The average molecular weight is 431 g/mol. The van der Waals surface area contributed by atoms with Crippen LogP contribution in [0.3, 0.4) is 0 Å². The molecular formula is C23H26N8O. The van der Waals surface area contributed by atoms with Gasteiger partial charge in [0.05, 0.1) is 17.6 Å². The topological polar surface area (TPSA) is 118 Å². The van der Waals surface area contributed by atoms with E-state index >= 15 is 0 Å². The maximum atomic E-state index is 12.5. The first-order chi connectivity index (χ1) is 15.6. The normalized spacial score (nSPS) is 15.3. The highest BCUT2D eigenvalue weighted by molar-refractivity contribution is 5.75. The molecule has 9 heteroatoms. The first kappa shape index (κ1) is 20.2. The lowest BCUT2D eigenvalue weighted by molar-refractivity contribution is 0.176. The summed E-state index contributed by atoms with van der Waals surface area (Å²) >= 11 is 0. The summed E-state index contributed by atoms with van der Waals surface area (Å²) in [4.78, 5) is 30.9.